The van der Waals surface area contributed by atoms with E-state index in [1.807, 2.05) is 16.8 Å². The Morgan fingerprint density at radius 3 is 2.85 bits per heavy atom. The van der Waals surface area contributed by atoms with Gasteiger partial charge >= 0.3 is 0 Å². The van der Waals surface area contributed by atoms with Crippen molar-refractivity contribution in [2.45, 2.75) is 75.9 Å². The topological polar surface area (TPSA) is 132 Å². The number of nitrogens with zero attached hydrogens (tertiary/aromatic N) is 7. The lowest BCUT2D eigenvalue weighted by Gasteiger charge is -2.39. The first kappa shape index (κ1) is 25.2. The summed E-state index contributed by atoms with van der Waals surface area (Å²) >= 11 is 1.55. The average molecular weight is 557 g/mol. The summed E-state index contributed by atoms with van der Waals surface area (Å²) in [5, 5.41) is 15.2. The van der Waals surface area contributed by atoms with Gasteiger partial charge in [-0.1, -0.05) is 5.16 Å². The second-order valence-electron chi connectivity index (χ2n) is 11.3. The molecule has 0 unspecified atom stereocenters. The number of aryl methyl sites for hydroxylation is 1. The SMILES string of the molecule is C[C@H](Oc1cc(-n2ccnc2)nc(-c2noc3c2CCC[C@@]32CCCc3sc(N)c(C#N)c32)n1)[C@@H]1CCCN1C. The molecule has 1 aliphatic heterocycles. The minimum atomic E-state index is -0.394. The van der Waals surface area contributed by atoms with Crippen molar-refractivity contribution in [1.29, 1.82) is 5.26 Å². The van der Waals surface area contributed by atoms with Gasteiger partial charge in [0.1, 0.15) is 29.3 Å². The van der Waals surface area contributed by atoms with Crippen LogP contribution >= 0.6 is 11.3 Å². The van der Waals surface area contributed by atoms with E-state index in [9.17, 15) is 5.26 Å². The Kier molecular flexibility index (Phi) is 6.13. The summed E-state index contributed by atoms with van der Waals surface area (Å²) in [6.45, 7) is 3.18. The van der Waals surface area contributed by atoms with Crippen LogP contribution in [0, 0.1) is 11.3 Å². The standard InChI is InChI=1S/C29H32N8O2S/c1-17(20-7-5-12-36(20)2)38-23-14-22(37-13-11-32-16-37)33-28(34-23)25-18-6-3-9-29(26(18)39-35-25)10-4-8-21-24(29)19(15-30)27(31)40-21/h11,13-14,16-17,20H,3-10,12,31H2,1-2H3/t17-,20-,29-/m0/s1. The summed E-state index contributed by atoms with van der Waals surface area (Å²) in [5.74, 6) is 2.46. The van der Waals surface area contributed by atoms with Crippen LogP contribution in [-0.2, 0) is 18.3 Å². The smallest absolute Gasteiger partial charge is 0.219 e. The minimum absolute atomic E-state index is 0.0329. The second-order valence-corrected chi connectivity index (χ2v) is 12.4. The van der Waals surface area contributed by atoms with Crippen LogP contribution in [0.15, 0.2) is 29.3 Å². The number of hydrogen-bond acceptors (Lipinski definition) is 10. The molecule has 2 aliphatic carbocycles. The summed E-state index contributed by atoms with van der Waals surface area (Å²) in [6.07, 6.45) is 13.1. The van der Waals surface area contributed by atoms with Gasteiger partial charge in [-0.25, -0.2) is 9.97 Å². The maximum atomic E-state index is 10.0. The molecule has 1 spiro atoms. The fraction of sp³-hybridized carbons (Fsp3) is 0.483. The Morgan fingerprint density at radius 2 is 2.10 bits per heavy atom. The molecule has 2 N–H and O–H groups in total. The number of nitrogens with two attached hydrogens (primary N) is 1. The molecule has 10 nitrogen and oxygen atoms in total. The Hall–Kier alpha value is -3.75. The minimum Gasteiger partial charge on any atom is -0.473 e. The van der Waals surface area contributed by atoms with Gasteiger partial charge in [0.2, 0.25) is 5.88 Å². The number of nitrogen functional groups attached to an aromatic ring is 1. The lowest BCUT2D eigenvalue weighted by atomic mass is 9.63. The number of likely N-dealkylation sites (N-methyl/N-ethyl adjacent to an activating group) is 1. The van der Waals surface area contributed by atoms with Crippen molar-refractivity contribution in [2.75, 3.05) is 19.3 Å². The largest absolute Gasteiger partial charge is 0.473 e. The molecular weight excluding hydrogens is 524 g/mol. The lowest BCUT2D eigenvalue weighted by Crippen LogP contribution is -2.38. The number of fused-ring (bicyclic) bond motifs is 4. The van der Waals surface area contributed by atoms with Gasteiger partial charge in [0.05, 0.1) is 11.0 Å². The maximum Gasteiger partial charge on any atom is 0.219 e. The van der Waals surface area contributed by atoms with Crippen molar-refractivity contribution in [2.24, 2.45) is 0 Å². The van der Waals surface area contributed by atoms with Gasteiger partial charge in [-0.05, 0) is 77.4 Å². The second kappa shape index (κ2) is 9.71. The highest BCUT2D eigenvalue weighted by Gasteiger charge is 2.48. The summed E-state index contributed by atoms with van der Waals surface area (Å²) in [5.41, 5.74) is 9.24. The number of thiophene rings is 1. The highest BCUT2D eigenvalue weighted by molar-refractivity contribution is 7.16. The molecular formula is C29H32N8O2S. The molecule has 0 saturated carbocycles. The summed E-state index contributed by atoms with van der Waals surface area (Å²) in [4.78, 5) is 17.5. The maximum absolute atomic E-state index is 10.0. The molecule has 7 rings (SSSR count). The third-order valence-corrected chi connectivity index (χ3v) is 10.0. The monoisotopic (exact) mass is 556 g/mol. The van der Waals surface area contributed by atoms with E-state index in [1.54, 1.807) is 23.9 Å². The van der Waals surface area contributed by atoms with E-state index in [2.05, 4.69) is 35.1 Å². The fourth-order valence-electron chi connectivity index (χ4n) is 7.12. The van der Waals surface area contributed by atoms with Crippen LogP contribution in [0.3, 0.4) is 0 Å². The quantitative estimate of drug-likeness (QED) is 0.373. The zero-order valence-electron chi connectivity index (χ0n) is 22.8. The van der Waals surface area contributed by atoms with Gasteiger partial charge in [0, 0.05) is 34.9 Å². The number of nitriles is 1. The molecule has 206 valence electrons. The van der Waals surface area contributed by atoms with Crippen molar-refractivity contribution in [3.63, 3.8) is 0 Å². The molecule has 1 fully saturated rings. The van der Waals surface area contributed by atoms with Gasteiger partial charge in [0.15, 0.2) is 17.3 Å². The zero-order chi connectivity index (χ0) is 27.4. The van der Waals surface area contributed by atoms with E-state index in [4.69, 9.17) is 25.0 Å². The molecule has 40 heavy (non-hydrogen) atoms. The van der Waals surface area contributed by atoms with E-state index in [0.717, 1.165) is 68.4 Å². The lowest BCUT2D eigenvalue weighted by molar-refractivity contribution is 0.117. The zero-order valence-corrected chi connectivity index (χ0v) is 23.6. The first-order chi connectivity index (χ1) is 19.5. The van der Waals surface area contributed by atoms with Crippen LogP contribution < -0.4 is 10.5 Å². The first-order valence-corrected chi connectivity index (χ1v) is 14.9. The predicted octanol–water partition coefficient (Wildman–Crippen LogP) is 4.65. The van der Waals surface area contributed by atoms with Gasteiger partial charge in [-0.2, -0.15) is 10.2 Å². The third-order valence-electron chi connectivity index (χ3n) is 8.95. The Balaban J connectivity index is 1.33. The highest BCUT2D eigenvalue weighted by Crippen LogP contribution is 2.55. The molecule has 3 atom stereocenters. The highest BCUT2D eigenvalue weighted by atomic mass is 32.1. The van der Waals surface area contributed by atoms with Crippen molar-refractivity contribution in [3.05, 3.63) is 52.1 Å². The van der Waals surface area contributed by atoms with Gasteiger partial charge in [-0.3, -0.25) is 9.47 Å². The summed E-state index contributed by atoms with van der Waals surface area (Å²) in [7, 11) is 2.15. The Bertz CT molecular complexity index is 1600. The molecule has 3 aliphatic rings. The van der Waals surface area contributed by atoms with Crippen LogP contribution in [0.2, 0.25) is 0 Å². The van der Waals surface area contributed by atoms with Crippen molar-refractivity contribution >= 4 is 16.3 Å². The van der Waals surface area contributed by atoms with E-state index in [1.165, 1.54) is 11.3 Å². The van der Waals surface area contributed by atoms with Crippen LogP contribution in [0.5, 0.6) is 5.88 Å². The van der Waals surface area contributed by atoms with Gasteiger partial charge in [0.25, 0.3) is 0 Å². The van der Waals surface area contributed by atoms with E-state index < -0.39 is 5.41 Å². The molecule has 11 heteroatoms. The molecule has 4 aromatic rings. The molecule has 1 saturated heterocycles. The molecule has 0 bridgehead atoms. The molecule has 4 aromatic heterocycles. The first-order valence-electron chi connectivity index (χ1n) is 14.0. The van der Waals surface area contributed by atoms with Crippen molar-refractivity contribution in [1.82, 2.24) is 29.6 Å². The Morgan fingerprint density at radius 1 is 1.25 bits per heavy atom. The molecule has 0 amide bonds. The molecule has 0 aromatic carbocycles. The van der Waals surface area contributed by atoms with Crippen molar-refractivity contribution in [3.8, 4) is 29.3 Å². The van der Waals surface area contributed by atoms with Crippen molar-refractivity contribution < 1.29 is 9.26 Å². The Labute approximate surface area is 236 Å². The number of likely N-dealkylation sites (tertiary alicyclic amines) is 1. The predicted molar refractivity (Wildman–Crippen MR) is 150 cm³/mol. The number of hydrogen-bond donors (Lipinski definition) is 1. The van der Waals surface area contributed by atoms with Gasteiger partial charge < -0.3 is 15.0 Å². The van der Waals surface area contributed by atoms with Crippen LogP contribution in [0.4, 0.5) is 5.00 Å². The molecule has 5 heterocycles. The number of ether oxygens (including phenoxy) is 1. The van der Waals surface area contributed by atoms with Crippen LogP contribution in [0.1, 0.15) is 72.8 Å². The van der Waals surface area contributed by atoms with Gasteiger partial charge in [-0.15, -0.1) is 11.3 Å². The normalized spacial score (nSPS) is 23.1. The van der Waals surface area contributed by atoms with Crippen LogP contribution in [-0.4, -0.2) is 55.3 Å². The number of aromatic nitrogens is 5. The summed E-state index contributed by atoms with van der Waals surface area (Å²) < 4.78 is 14.5. The van der Waals surface area contributed by atoms with Crippen LogP contribution in [0.25, 0.3) is 17.3 Å². The summed E-state index contributed by atoms with van der Waals surface area (Å²) in [6, 6.07) is 4.58. The fourth-order valence-corrected chi connectivity index (χ4v) is 8.28. The van der Waals surface area contributed by atoms with E-state index in [0.29, 0.717) is 39.8 Å². The third kappa shape index (κ3) is 3.92. The number of rotatable bonds is 5. The number of imidazole rings is 1. The van der Waals surface area contributed by atoms with E-state index >= 15 is 0 Å². The number of anilines is 1. The average Bonchev–Trinajstić information content (AvgIpc) is 3.75. The van der Waals surface area contributed by atoms with E-state index in [-0.39, 0.29) is 6.10 Å². The molecule has 0 radical (unpaired) electrons.